The Morgan fingerprint density at radius 2 is 1.82 bits per heavy atom. The third kappa shape index (κ3) is 4.64. The van der Waals surface area contributed by atoms with Crippen molar-refractivity contribution >= 4 is 5.91 Å². The zero-order chi connectivity index (χ0) is 13.3. The van der Waals surface area contributed by atoms with Crippen molar-refractivity contribution in [1.29, 1.82) is 0 Å². The number of hydrogen-bond donors (Lipinski definition) is 2. The molecule has 0 aliphatic carbocycles. The Bertz CT molecular complexity index is 206. The largest absolute Gasteiger partial charge is 0.355 e. The first-order valence-electron chi connectivity index (χ1n) is 6.81. The second-order valence-electron chi connectivity index (χ2n) is 4.51. The summed E-state index contributed by atoms with van der Waals surface area (Å²) in [7, 11) is 0. The normalized spacial score (nSPS) is 11.9. The first-order valence-corrected chi connectivity index (χ1v) is 6.81. The number of nitrogens with two attached hydrogens (primary N) is 1. The van der Waals surface area contributed by atoms with Crippen molar-refractivity contribution in [2.24, 2.45) is 5.73 Å². The number of carbonyl (C=O) groups is 1. The van der Waals surface area contributed by atoms with E-state index < -0.39 is 0 Å². The molecule has 0 saturated heterocycles. The number of nitrogens with one attached hydrogen (secondary N) is 1. The van der Waals surface area contributed by atoms with Crippen molar-refractivity contribution in [1.82, 2.24) is 10.2 Å². The highest BCUT2D eigenvalue weighted by Gasteiger charge is 2.32. The molecule has 3 N–H and O–H groups in total. The van der Waals surface area contributed by atoms with Crippen molar-refractivity contribution in [3.8, 4) is 0 Å². The van der Waals surface area contributed by atoms with E-state index in [0.717, 1.165) is 25.8 Å². The SMILES string of the molecule is CCCN(CC(=O)NCC)C(CC)(CC)CN. The van der Waals surface area contributed by atoms with Crippen molar-refractivity contribution in [3.63, 3.8) is 0 Å². The summed E-state index contributed by atoms with van der Waals surface area (Å²) in [5.41, 5.74) is 5.91. The fourth-order valence-corrected chi connectivity index (χ4v) is 2.30. The molecule has 0 spiro atoms. The molecule has 102 valence electrons. The second-order valence-corrected chi connectivity index (χ2v) is 4.51. The molecular formula is C13H29N3O. The van der Waals surface area contributed by atoms with Crippen molar-refractivity contribution in [2.45, 2.75) is 52.5 Å². The quantitative estimate of drug-likeness (QED) is 0.643. The fourth-order valence-electron chi connectivity index (χ4n) is 2.30. The van der Waals surface area contributed by atoms with E-state index in [9.17, 15) is 4.79 Å². The van der Waals surface area contributed by atoms with Gasteiger partial charge in [0.05, 0.1) is 6.54 Å². The molecule has 0 radical (unpaired) electrons. The van der Waals surface area contributed by atoms with E-state index >= 15 is 0 Å². The lowest BCUT2D eigenvalue weighted by Crippen LogP contribution is -2.56. The van der Waals surface area contributed by atoms with Gasteiger partial charge in [0.25, 0.3) is 0 Å². The van der Waals surface area contributed by atoms with Gasteiger partial charge in [0, 0.05) is 18.6 Å². The maximum absolute atomic E-state index is 11.7. The van der Waals surface area contributed by atoms with Gasteiger partial charge in [-0.1, -0.05) is 20.8 Å². The molecule has 0 heterocycles. The van der Waals surface area contributed by atoms with E-state index in [1.165, 1.54) is 0 Å². The monoisotopic (exact) mass is 243 g/mol. The van der Waals surface area contributed by atoms with Gasteiger partial charge in [-0.05, 0) is 32.7 Å². The van der Waals surface area contributed by atoms with Crippen LogP contribution in [0.5, 0.6) is 0 Å². The minimum Gasteiger partial charge on any atom is -0.355 e. The molecule has 17 heavy (non-hydrogen) atoms. The first-order chi connectivity index (χ1) is 8.10. The van der Waals surface area contributed by atoms with E-state index in [4.69, 9.17) is 5.73 Å². The van der Waals surface area contributed by atoms with Crippen LogP contribution in [0.3, 0.4) is 0 Å². The molecular weight excluding hydrogens is 214 g/mol. The highest BCUT2D eigenvalue weighted by atomic mass is 16.2. The Labute approximate surface area is 106 Å². The summed E-state index contributed by atoms with van der Waals surface area (Å²) in [6, 6.07) is 0. The lowest BCUT2D eigenvalue weighted by atomic mass is 9.90. The lowest BCUT2D eigenvalue weighted by Gasteiger charge is -2.42. The number of carbonyl (C=O) groups excluding carboxylic acids is 1. The van der Waals surface area contributed by atoms with Gasteiger partial charge in [0.2, 0.25) is 5.91 Å². The zero-order valence-electron chi connectivity index (χ0n) is 11.9. The third-order valence-electron chi connectivity index (χ3n) is 3.57. The van der Waals surface area contributed by atoms with Crippen molar-refractivity contribution in [2.75, 3.05) is 26.2 Å². The van der Waals surface area contributed by atoms with Crippen LogP contribution in [0.15, 0.2) is 0 Å². The van der Waals surface area contributed by atoms with Crippen LogP contribution in [0.4, 0.5) is 0 Å². The van der Waals surface area contributed by atoms with Gasteiger partial charge in [-0.15, -0.1) is 0 Å². The predicted octanol–water partition coefficient (Wildman–Crippen LogP) is 1.35. The molecule has 0 aromatic carbocycles. The molecule has 0 fully saturated rings. The highest BCUT2D eigenvalue weighted by Crippen LogP contribution is 2.22. The molecule has 0 aliphatic rings. The van der Waals surface area contributed by atoms with Gasteiger partial charge in [-0.2, -0.15) is 0 Å². The number of rotatable bonds is 9. The van der Waals surface area contributed by atoms with Gasteiger partial charge in [-0.25, -0.2) is 0 Å². The number of amides is 1. The Balaban J connectivity index is 4.73. The molecule has 1 amide bonds. The van der Waals surface area contributed by atoms with Crippen LogP contribution in [0.2, 0.25) is 0 Å². The summed E-state index contributed by atoms with van der Waals surface area (Å²) in [4.78, 5) is 14.0. The summed E-state index contributed by atoms with van der Waals surface area (Å²) in [5.74, 6) is 0.0978. The Kier molecular flexibility index (Phi) is 8.17. The maximum Gasteiger partial charge on any atom is 0.234 e. The average molecular weight is 243 g/mol. The van der Waals surface area contributed by atoms with Gasteiger partial charge >= 0.3 is 0 Å². The number of nitrogens with zero attached hydrogens (tertiary/aromatic N) is 1. The van der Waals surface area contributed by atoms with Crippen LogP contribution in [-0.4, -0.2) is 42.5 Å². The molecule has 0 rings (SSSR count). The topological polar surface area (TPSA) is 58.4 Å². The number of likely N-dealkylation sites (N-methyl/N-ethyl adjacent to an activating group) is 1. The van der Waals surface area contributed by atoms with E-state index in [1.807, 2.05) is 6.92 Å². The minimum atomic E-state index is -0.0267. The summed E-state index contributed by atoms with van der Waals surface area (Å²) in [5, 5.41) is 2.86. The van der Waals surface area contributed by atoms with Gasteiger partial charge in [0.15, 0.2) is 0 Å². The molecule has 0 atom stereocenters. The van der Waals surface area contributed by atoms with Crippen molar-refractivity contribution in [3.05, 3.63) is 0 Å². The summed E-state index contributed by atoms with van der Waals surface area (Å²) < 4.78 is 0. The summed E-state index contributed by atoms with van der Waals surface area (Å²) in [6.07, 6.45) is 3.01. The fraction of sp³-hybridized carbons (Fsp3) is 0.923. The van der Waals surface area contributed by atoms with Crippen LogP contribution in [-0.2, 0) is 4.79 Å². The van der Waals surface area contributed by atoms with Crippen molar-refractivity contribution < 1.29 is 4.79 Å². The predicted molar refractivity (Wildman–Crippen MR) is 72.9 cm³/mol. The number of hydrogen-bond acceptors (Lipinski definition) is 3. The summed E-state index contributed by atoms with van der Waals surface area (Å²) >= 11 is 0. The van der Waals surface area contributed by atoms with Crippen LogP contribution >= 0.6 is 0 Å². The van der Waals surface area contributed by atoms with Gasteiger partial charge in [0.1, 0.15) is 0 Å². The first kappa shape index (κ1) is 16.4. The Morgan fingerprint density at radius 1 is 1.24 bits per heavy atom. The molecule has 0 aromatic rings. The molecule has 0 bridgehead atoms. The smallest absolute Gasteiger partial charge is 0.234 e. The maximum atomic E-state index is 11.7. The minimum absolute atomic E-state index is 0.0267. The Hall–Kier alpha value is -0.610. The molecule has 0 aliphatic heterocycles. The Morgan fingerprint density at radius 3 is 2.18 bits per heavy atom. The lowest BCUT2D eigenvalue weighted by molar-refractivity contribution is -0.123. The molecule has 4 nitrogen and oxygen atoms in total. The van der Waals surface area contributed by atoms with Crippen LogP contribution in [0.25, 0.3) is 0 Å². The van der Waals surface area contributed by atoms with E-state index in [-0.39, 0.29) is 11.4 Å². The average Bonchev–Trinajstić information content (AvgIpc) is 2.32. The van der Waals surface area contributed by atoms with Crippen LogP contribution in [0.1, 0.15) is 47.0 Å². The third-order valence-corrected chi connectivity index (χ3v) is 3.57. The van der Waals surface area contributed by atoms with E-state index in [1.54, 1.807) is 0 Å². The standard InChI is InChI=1S/C13H29N3O/c1-5-9-16(10-12(17)15-8-4)13(6-2,7-3)11-14/h5-11,14H2,1-4H3,(H,15,17). The highest BCUT2D eigenvalue weighted by molar-refractivity contribution is 5.78. The molecule has 4 heteroatoms. The zero-order valence-corrected chi connectivity index (χ0v) is 11.9. The molecule has 0 unspecified atom stereocenters. The van der Waals surface area contributed by atoms with Gasteiger partial charge < -0.3 is 11.1 Å². The van der Waals surface area contributed by atoms with E-state index in [0.29, 0.717) is 19.6 Å². The van der Waals surface area contributed by atoms with Gasteiger partial charge in [-0.3, -0.25) is 9.69 Å². The summed E-state index contributed by atoms with van der Waals surface area (Å²) in [6.45, 7) is 11.1. The molecule has 0 aromatic heterocycles. The van der Waals surface area contributed by atoms with Crippen LogP contribution < -0.4 is 11.1 Å². The molecule has 0 saturated carbocycles. The van der Waals surface area contributed by atoms with Crippen LogP contribution in [0, 0.1) is 0 Å². The van der Waals surface area contributed by atoms with E-state index in [2.05, 4.69) is 31.0 Å². The second kappa shape index (κ2) is 8.48.